The topological polar surface area (TPSA) is 71.3 Å². The van der Waals surface area contributed by atoms with Gasteiger partial charge in [0.1, 0.15) is 28.3 Å². The molecule has 1 aromatic heterocycles. The molecule has 2 aromatic carbocycles. The maximum absolute atomic E-state index is 12.7. The number of ether oxygens (including phenoxy) is 4. The number of amides is 1. The van der Waals surface area contributed by atoms with E-state index in [2.05, 4.69) is 4.99 Å². The van der Waals surface area contributed by atoms with Gasteiger partial charge in [-0.15, -0.1) is 0 Å². The summed E-state index contributed by atoms with van der Waals surface area (Å²) in [7, 11) is 5.04. The smallest absolute Gasteiger partial charge is 0.292 e. The minimum atomic E-state index is -0.783. The van der Waals surface area contributed by atoms with Crippen LogP contribution in [0.4, 0.5) is 0 Å². The molecule has 1 unspecified atom stereocenters. The molecule has 1 aliphatic heterocycles. The van der Waals surface area contributed by atoms with Crippen molar-refractivity contribution in [2.24, 2.45) is 12.0 Å². The first-order chi connectivity index (χ1) is 13.1. The number of carbonyl (C=O) groups excluding carboxylic acids is 1. The molecule has 0 fully saturated rings. The molecule has 0 bridgehead atoms. The lowest BCUT2D eigenvalue weighted by molar-refractivity contribution is -0.127. The number of para-hydroxylation sites is 2. The Kier molecular flexibility index (Phi) is 4.49. The van der Waals surface area contributed by atoms with Crippen molar-refractivity contribution in [3.8, 4) is 23.0 Å². The van der Waals surface area contributed by atoms with Crippen molar-refractivity contribution in [3.63, 3.8) is 0 Å². The Labute approximate surface area is 159 Å². The first-order valence-corrected chi connectivity index (χ1v) is 9.11. The average molecular weight is 386 g/mol. The molecule has 2 heterocycles. The van der Waals surface area contributed by atoms with Crippen LogP contribution in [0.25, 0.3) is 10.2 Å². The number of hydrogen-bond acceptors (Lipinski definition) is 6. The maximum atomic E-state index is 12.7. The van der Waals surface area contributed by atoms with Gasteiger partial charge in [-0.2, -0.15) is 4.99 Å². The second-order valence-electron chi connectivity index (χ2n) is 5.91. The summed E-state index contributed by atoms with van der Waals surface area (Å²) in [6.45, 7) is 0.126. The van der Waals surface area contributed by atoms with E-state index in [1.54, 1.807) is 26.4 Å². The Balaban J connectivity index is 1.73. The number of fused-ring (bicyclic) bond motifs is 2. The SMILES string of the molecule is COc1ccc(OC)c2c1sc(=NC(=O)C1COc3ccccc3O1)n2C. The number of carbonyl (C=O) groups is 1. The molecule has 1 amide bonds. The lowest BCUT2D eigenvalue weighted by Crippen LogP contribution is -2.36. The van der Waals surface area contributed by atoms with Crippen LogP contribution in [0.3, 0.4) is 0 Å². The highest BCUT2D eigenvalue weighted by Crippen LogP contribution is 2.35. The van der Waals surface area contributed by atoms with Gasteiger partial charge < -0.3 is 23.5 Å². The van der Waals surface area contributed by atoms with E-state index < -0.39 is 12.0 Å². The van der Waals surface area contributed by atoms with Crippen molar-refractivity contribution in [3.05, 3.63) is 41.2 Å². The summed E-state index contributed by atoms with van der Waals surface area (Å²) in [5, 5.41) is 0. The lowest BCUT2D eigenvalue weighted by atomic mass is 10.2. The van der Waals surface area contributed by atoms with E-state index in [1.165, 1.54) is 11.3 Å². The van der Waals surface area contributed by atoms with Crippen molar-refractivity contribution in [1.29, 1.82) is 0 Å². The van der Waals surface area contributed by atoms with Crippen LogP contribution >= 0.6 is 11.3 Å². The fourth-order valence-electron chi connectivity index (χ4n) is 2.94. The number of methoxy groups -OCH3 is 2. The Morgan fingerprint density at radius 1 is 1.15 bits per heavy atom. The summed E-state index contributed by atoms with van der Waals surface area (Å²) < 4.78 is 24.9. The van der Waals surface area contributed by atoms with Crippen LogP contribution in [0.15, 0.2) is 41.4 Å². The van der Waals surface area contributed by atoms with Gasteiger partial charge >= 0.3 is 0 Å². The van der Waals surface area contributed by atoms with Gasteiger partial charge in [0, 0.05) is 7.05 Å². The van der Waals surface area contributed by atoms with Crippen LogP contribution in [0.5, 0.6) is 23.0 Å². The van der Waals surface area contributed by atoms with Gasteiger partial charge in [-0.05, 0) is 24.3 Å². The molecule has 4 rings (SSSR count). The molecule has 0 radical (unpaired) electrons. The van der Waals surface area contributed by atoms with Crippen molar-refractivity contribution >= 4 is 27.5 Å². The minimum Gasteiger partial charge on any atom is -0.495 e. The average Bonchev–Trinajstić information content (AvgIpc) is 3.03. The highest BCUT2D eigenvalue weighted by atomic mass is 32.1. The number of benzene rings is 2. The predicted molar refractivity (Wildman–Crippen MR) is 101 cm³/mol. The van der Waals surface area contributed by atoms with Crippen LogP contribution in [0, 0.1) is 0 Å². The fraction of sp³-hybridized carbons (Fsp3) is 0.263. The maximum Gasteiger partial charge on any atom is 0.292 e. The van der Waals surface area contributed by atoms with Gasteiger partial charge in [0.25, 0.3) is 5.91 Å². The lowest BCUT2D eigenvalue weighted by Gasteiger charge is -2.23. The number of hydrogen-bond donors (Lipinski definition) is 0. The van der Waals surface area contributed by atoms with Gasteiger partial charge in [0.15, 0.2) is 16.3 Å². The zero-order valence-electron chi connectivity index (χ0n) is 15.1. The van der Waals surface area contributed by atoms with Gasteiger partial charge in [-0.1, -0.05) is 23.5 Å². The molecule has 0 spiro atoms. The molecule has 3 aromatic rings. The van der Waals surface area contributed by atoms with Gasteiger partial charge in [0.05, 0.1) is 14.2 Å². The quantitative estimate of drug-likeness (QED) is 0.692. The first-order valence-electron chi connectivity index (χ1n) is 8.30. The van der Waals surface area contributed by atoms with Crippen molar-refractivity contribution in [2.45, 2.75) is 6.10 Å². The van der Waals surface area contributed by atoms with Crippen molar-refractivity contribution < 1.29 is 23.7 Å². The molecule has 1 atom stereocenters. The Bertz CT molecular complexity index is 1090. The zero-order chi connectivity index (χ0) is 19.0. The third-order valence-electron chi connectivity index (χ3n) is 4.30. The third-order valence-corrected chi connectivity index (χ3v) is 5.45. The van der Waals surface area contributed by atoms with Crippen molar-refractivity contribution in [2.75, 3.05) is 20.8 Å². The van der Waals surface area contributed by atoms with E-state index >= 15 is 0 Å². The Morgan fingerprint density at radius 3 is 2.59 bits per heavy atom. The van der Waals surface area contributed by atoms with E-state index in [4.69, 9.17) is 18.9 Å². The molecule has 0 saturated heterocycles. The molecule has 0 aliphatic carbocycles. The molecule has 0 N–H and O–H groups in total. The van der Waals surface area contributed by atoms with E-state index in [1.807, 2.05) is 35.9 Å². The first kappa shape index (κ1) is 17.4. The van der Waals surface area contributed by atoms with E-state index in [-0.39, 0.29) is 6.61 Å². The standard InChI is InChI=1S/C19H18N2O5S/c1-21-16-13(23-2)8-9-14(24-3)17(16)27-19(21)20-18(22)15-10-25-11-6-4-5-7-12(11)26-15/h4-9,15H,10H2,1-3H3. The van der Waals surface area contributed by atoms with Crippen LogP contribution in [0.1, 0.15) is 0 Å². The summed E-state index contributed by atoms with van der Waals surface area (Å²) >= 11 is 1.36. The zero-order valence-corrected chi connectivity index (χ0v) is 15.9. The van der Waals surface area contributed by atoms with Crippen LogP contribution in [0.2, 0.25) is 0 Å². The molecule has 8 heteroatoms. The molecular weight excluding hydrogens is 368 g/mol. The van der Waals surface area contributed by atoms with Crippen LogP contribution in [-0.2, 0) is 11.8 Å². The third kappa shape index (κ3) is 3.02. The van der Waals surface area contributed by atoms with Crippen LogP contribution < -0.4 is 23.7 Å². The number of rotatable bonds is 3. The number of aromatic nitrogens is 1. The number of thiazole rings is 1. The molecule has 7 nitrogen and oxygen atoms in total. The van der Waals surface area contributed by atoms with Gasteiger partial charge in [-0.3, -0.25) is 4.79 Å². The number of aryl methyl sites for hydroxylation is 1. The second kappa shape index (κ2) is 6.96. The molecule has 0 saturated carbocycles. The summed E-state index contributed by atoms with van der Waals surface area (Å²) in [4.78, 5) is 17.5. The minimum absolute atomic E-state index is 0.126. The molecule has 27 heavy (non-hydrogen) atoms. The van der Waals surface area contributed by atoms with Gasteiger partial charge in [0.2, 0.25) is 6.10 Å². The van der Waals surface area contributed by atoms with Crippen molar-refractivity contribution in [1.82, 2.24) is 4.57 Å². The highest BCUT2D eigenvalue weighted by Gasteiger charge is 2.27. The second-order valence-corrected chi connectivity index (χ2v) is 6.88. The summed E-state index contributed by atoms with van der Waals surface area (Å²) in [5.41, 5.74) is 0.819. The molecular formula is C19H18N2O5S. The van der Waals surface area contributed by atoms with Crippen LogP contribution in [-0.4, -0.2) is 37.4 Å². The van der Waals surface area contributed by atoms with E-state index in [0.29, 0.717) is 27.8 Å². The van der Waals surface area contributed by atoms with E-state index in [0.717, 1.165) is 10.2 Å². The Morgan fingerprint density at radius 2 is 1.85 bits per heavy atom. The summed E-state index contributed by atoms with van der Waals surface area (Å²) in [6, 6.07) is 10.9. The summed E-state index contributed by atoms with van der Waals surface area (Å²) in [6.07, 6.45) is -0.783. The van der Waals surface area contributed by atoms with Gasteiger partial charge in [-0.25, -0.2) is 0 Å². The Hall–Kier alpha value is -3.00. The summed E-state index contributed by atoms with van der Waals surface area (Å²) in [5.74, 6) is 2.16. The number of nitrogens with zero attached hydrogens (tertiary/aromatic N) is 2. The highest BCUT2D eigenvalue weighted by molar-refractivity contribution is 7.16. The predicted octanol–water partition coefficient (Wildman–Crippen LogP) is 2.52. The fourth-order valence-corrected chi connectivity index (χ4v) is 4.07. The normalized spacial score (nSPS) is 16.4. The monoisotopic (exact) mass is 386 g/mol. The van der Waals surface area contributed by atoms with E-state index in [9.17, 15) is 4.79 Å². The molecule has 1 aliphatic rings. The molecule has 140 valence electrons. The largest absolute Gasteiger partial charge is 0.495 e.